The molecule has 34 heavy (non-hydrogen) atoms. The van der Waals surface area contributed by atoms with E-state index in [0.29, 0.717) is 46.5 Å². The molecule has 180 valence electrons. The van der Waals surface area contributed by atoms with Gasteiger partial charge in [-0.1, -0.05) is 0 Å². The lowest BCUT2D eigenvalue weighted by Gasteiger charge is -2.30. The molecule has 0 saturated carbocycles. The van der Waals surface area contributed by atoms with Crippen molar-refractivity contribution < 1.29 is 13.9 Å². The Morgan fingerprint density at radius 1 is 1.15 bits per heavy atom. The predicted octanol–water partition coefficient (Wildman–Crippen LogP) is 4.38. The van der Waals surface area contributed by atoms with Gasteiger partial charge in [-0.25, -0.2) is 19.2 Å². The van der Waals surface area contributed by atoms with Crippen molar-refractivity contribution in [1.29, 1.82) is 0 Å². The van der Waals surface area contributed by atoms with Gasteiger partial charge in [-0.2, -0.15) is 0 Å². The number of ether oxygens (including phenoxy) is 1. The van der Waals surface area contributed by atoms with Crippen molar-refractivity contribution in [3.63, 3.8) is 0 Å². The maximum Gasteiger partial charge on any atom is 0.414 e. The molecule has 9 heteroatoms. The number of piperidine rings is 1. The number of hydrogen-bond donors (Lipinski definition) is 1. The van der Waals surface area contributed by atoms with Crippen molar-refractivity contribution in [2.24, 2.45) is 0 Å². The Balaban J connectivity index is 1.57. The van der Waals surface area contributed by atoms with Crippen LogP contribution >= 0.6 is 0 Å². The van der Waals surface area contributed by atoms with E-state index in [-0.39, 0.29) is 11.9 Å². The van der Waals surface area contributed by atoms with Crippen LogP contribution in [0.5, 0.6) is 0 Å². The van der Waals surface area contributed by atoms with E-state index in [1.807, 2.05) is 27.0 Å². The van der Waals surface area contributed by atoms with Crippen molar-refractivity contribution in [2.75, 3.05) is 37.3 Å². The molecule has 3 aromatic rings. The summed E-state index contributed by atoms with van der Waals surface area (Å²) in [7, 11) is 2.12. The maximum absolute atomic E-state index is 15.9. The quantitative estimate of drug-likeness (QED) is 0.603. The number of nitrogens with two attached hydrogens (primary N) is 1. The first-order valence-corrected chi connectivity index (χ1v) is 11.8. The van der Waals surface area contributed by atoms with Crippen LogP contribution in [0.4, 0.5) is 20.7 Å². The molecule has 2 aliphatic rings. The van der Waals surface area contributed by atoms with Crippen LogP contribution in [0.2, 0.25) is 0 Å². The van der Waals surface area contributed by atoms with Crippen molar-refractivity contribution >= 4 is 28.6 Å². The third kappa shape index (κ3) is 3.87. The minimum Gasteiger partial charge on any atom is -0.443 e. The van der Waals surface area contributed by atoms with Gasteiger partial charge >= 0.3 is 6.09 Å². The van der Waals surface area contributed by atoms with Gasteiger partial charge in [0.25, 0.3) is 0 Å². The lowest BCUT2D eigenvalue weighted by Crippen LogP contribution is -2.35. The van der Waals surface area contributed by atoms with Crippen LogP contribution in [-0.4, -0.2) is 57.8 Å². The topological polar surface area (TPSA) is 89.5 Å². The highest BCUT2D eigenvalue weighted by molar-refractivity contribution is 6.01. The van der Waals surface area contributed by atoms with Gasteiger partial charge in [-0.15, -0.1) is 0 Å². The summed E-state index contributed by atoms with van der Waals surface area (Å²) in [4.78, 5) is 25.2. The number of halogens is 1. The Labute approximate surface area is 198 Å². The van der Waals surface area contributed by atoms with Gasteiger partial charge in [-0.05, 0) is 72.3 Å². The average Bonchev–Trinajstić information content (AvgIpc) is 3.37. The zero-order chi connectivity index (χ0) is 24.2. The van der Waals surface area contributed by atoms with Gasteiger partial charge in [0.1, 0.15) is 29.2 Å². The Hall–Kier alpha value is -3.20. The second-order valence-electron chi connectivity index (χ2n) is 10.2. The van der Waals surface area contributed by atoms with Crippen LogP contribution in [-0.2, 0) is 11.2 Å². The number of anilines is 2. The number of fused-ring (bicyclic) bond motifs is 2. The molecular weight excluding hydrogens is 435 g/mol. The molecule has 4 heterocycles. The molecule has 0 radical (unpaired) electrons. The summed E-state index contributed by atoms with van der Waals surface area (Å²) in [5.41, 5.74) is 8.59. The van der Waals surface area contributed by atoms with Crippen molar-refractivity contribution in [2.45, 2.75) is 51.7 Å². The van der Waals surface area contributed by atoms with Crippen LogP contribution in [0.1, 0.15) is 45.2 Å². The number of amides is 1. The first kappa shape index (κ1) is 22.6. The maximum atomic E-state index is 15.9. The van der Waals surface area contributed by atoms with Gasteiger partial charge in [0.15, 0.2) is 0 Å². The third-order valence-corrected chi connectivity index (χ3v) is 6.72. The Bertz CT molecular complexity index is 1260. The van der Waals surface area contributed by atoms with E-state index in [0.717, 1.165) is 31.6 Å². The van der Waals surface area contributed by atoms with E-state index < -0.39 is 11.7 Å². The molecule has 1 saturated heterocycles. The first-order valence-electron chi connectivity index (χ1n) is 11.8. The zero-order valence-electron chi connectivity index (χ0n) is 20.1. The second-order valence-corrected chi connectivity index (χ2v) is 10.2. The number of nitrogen functional groups attached to an aromatic ring is 1. The molecule has 1 amide bonds. The number of rotatable bonds is 2. The first-order chi connectivity index (χ1) is 16.1. The molecule has 8 nitrogen and oxygen atoms in total. The number of aromatic nitrogens is 3. The minimum atomic E-state index is -0.619. The zero-order valence-corrected chi connectivity index (χ0v) is 20.1. The molecule has 0 unspecified atom stereocenters. The van der Waals surface area contributed by atoms with Gasteiger partial charge in [0.05, 0.1) is 11.1 Å². The van der Waals surface area contributed by atoms with E-state index in [9.17, 15) is 4.79 Å². The van der Waals surface area contributed by atoms with E-state index in [1.54, 1.807) is 12.1 Å². The van der Waals surface area contributed by atoms with Crippen LogP contribution < -0.4 is 10.6 Å². The third-order valence-electron chi connectivity index (χ3n) is 6.72. The molecule has 0 aliphatic carbocycles. The summed E-state index contributed by atoms with van der Waals surface area (Å²) in [6.07, 6.45) is 5.37. The molecule has 1 fully saturated rings. The molecular formula is C25H31FN6O2. The van der Waals surface area contributed by atoms with E-state index in [4.69, 9.17) is 10.5 Å². The minimum absolute atomic E-state index is 0.266. The summed E-state index contributed by atoms with van der Waals surface area (Å²) in [6.45, 7) is 7.82. The average molecular weight is 467 g/mol. The van der Waals surface area contributed by atoms with Crippen LogP contribution in [0, 0.1) is 5.82 Å². The normalized spacial score (nSPS) is 17.4. The molecule has 2 aromatic heterocycles. The van der Waals surface area contributed by atoms with Crippen molar-refractivity contribution in [3.05, 3.63) is 36.0 Å². The van der Waals surface area contributed by atoms with E-state index in [2.05, 4.69) is 26.5 Å². The number of hydrogen-bond acceptors (Lipinski definition) is 6. The Morgan fingerprint density at radius 2 is 1.88 bits per heavy atom. The fourth-order valence-electron chi connectivity index (χ4n) is 5.02. The fourth-order valence-corrected chi connectivity index (χ4v) is 5.02. The largest absolute Gasteiger partial charge is 0.443 e. The molecule has 0 atom stereocenters. The molecule has 1 aromatic carbocycles. The summed E-state index contributed by atoms with van der Waals surface area (Å²) >= 11 is 0. The fraction of sp³-hybridized carbons (Fsp3) is 0.480. The predicted molar refractivity (Wildman–Crippen MR) is 130 cm³/mol. The second kappa shape index (κ2) is 8.23. The highest BCUT2D eigenvalue weighted by Gasteiger charge is 2.32. The summed E-state index contributed by atoms with van der Waals surface area (Å²) < 4.78 is 23.6. The standard InChI is InChI=1S/C25H31FN6O2/c1-25(2,3)34-24(33)31-12-9-17-19(31)6-5-16(21(17)26)18-13-32(15-7-10-30(4)11-8-15)23-20(18)22(27)28-14-29-23/h5-6,13-15H,7-12H2,1-4H3,(H2,27,28,29). The summed E-state index contributed by atoms with van der Waals surface area (Å²) in [5.74, 6) is -0.00352. The number of carbonyl (C=O) groups excluding carboxylic acids is 1. The SMILES string of the molecule is CN1CCC(n2cc(-c3ccc4c(c3F)CCN4C(=O)OC(C)(C)C)c3c(N)ncnc32)CC1. The highest BCUT2D eigenvalue weighted by atomic mass is 19.1. The van der Waals surface area contributed by atoms with Crippen molar-refractivity contribution in [1.82, 2.24) is 19.4 Å². The molecule has 2 N–H and O–H groups in total. The van der Waals surface area contributed by atoms with Gasteiger partial charge in [-0.3, -0.25) is 4.90 Å². The molecule has 2 aliphatic heterocycles. The van der Waals surface area contributed by atoms with Gasteiger partial charge in [0, 0.05) is 35.5 Å². The smallest absolute Gasteiger partial charge is 0.414 e. The Kier molecular flexibility index (Phi) is 5.47. The molecule has 0 spiro atoms. The monoisotopic (exact) mass is 466 g/mol. The van der Waals surface area contributed by atoms with E-state index >= 15 is 4.39 Å². The van der Waals surface area contributed by atoms with Crippen LogP contribution in [0.25, 0.3) is 22.2 Å². The number of benzene rings is 1. The molecule has 0 bridgehead atoms. The number of likely N-dealkylation sites (tertiary alicyclic amines) is 1. The van der Waals surface area contributed by atoms with Crippen molar-refractivity contribution in [3.8, 4) is 11.1 Å². The van der Waals surface area contributed by atoms with Crippen LogP contribution in [0.3, 0.4) is 0 Å². The Morgan fingerprint density at radius 3 is 2.59 bits per heavy atom. The number of nitrogens with zero attached hydrogens (tertiary/aromatic N) is 5. The van der Waals surface area contributed by atoms with Crippen LogP contribution in [0.15, 0.2) is 24.7 Å². The lowest BCUT2D eigenvalue weighted by molar-refractivity contribution is 0.0584. The number of carbonyl (C=O) groups is 1. The lowest BCUT2D eigenvalue weighted by atomic mass is 10.0. The highest BCUT2D eigenvalue weighted by Crippen LogP contribution is 2.41. The van der Waals surface area contributed by atoms with Gasteiger partial charge in [0.2, 0.25) is 0 Å². The summed E-state index contributed by atoms with van der Waals surface area (Å²) in [6, 6.07) is 3.78. The van der Waals surface area contributed by atoms with Gasteiger partial charge < -0.3 is 19.9 Å². The van der Waals surface area contributed by atoms with E-state index in [1.165, 1.54) is 11.2 Å². The molecule has 5 rings (SSSR count). The summed E-state index contributed by atoms with van der Waals surface area (Å²) in [5, 5.41) is 0.669.